The Bertz CT molecular complexity index is 271. The maximum Gasteiger partial charge on any atom is 0.251 e. The molecule has 6 heteroatoms. The van der Waals surface area contributed by atoms with E-state index in [-0.39, 0.29) is 18.4 Å². The first-order valence-corrected chi connectivity index (χ1v) is 6.17. The van der Waals surface area contributed by atoms with Crippen LogP contribution in [0.5, 0.6) is 0 Å². The summed E-state index contributed by atoms with van der Waals surface area (Å²) in [6, 6.07) is 0. The van der Waals surface area contributed by atoms with Crippen molar-refractivity contribution in [2.24, 2.45) is 5.92 Å². The monoisotopic (exact) mass is 247 g/mol. The average Bonchev–Trinajstić information content (AvgIpc) is 2.39. The Kier molecular flexibility index (Phi) is 4.28. The third kappa shape index (κ3) is 3.35. The molecule has 2 saturated heterocycles. The minimum atomic E-state index is -2.28. The molecule has 0 radical (unpaired) electrons. The fraction of sp³-hybridized carbons (Fsp3) is 0.909. The topological polar surface area (TPSA) is 35.6 Å². The van der Waals surface area contributed by atoms with Crippen LogP contribution in [0.4, 0.5) is 8.78 Å². The van der Waals surface area contributed by atoms with Gasteiger partial charge in [0.25, 0.3) is 6.43 Å². The van der Waals surface area contributed by atoms with E-state index in [1.54, 1.807) is 4.90 Å². The van der Waals surface area contributed by atoms with Crippen LogP contribution in [0.1, 0.15) is 6.42 Å². The molecule has 2 heterocycles. The lowest BCUT2D eigenvalue weighted by atomic mass is 10.0. The lowest BCUT2D eigenvalue weighted by Crippen LogP contribution is -2.52. The lowest BCUT2D eigenvalue weighted by molar-refractivity contribution is -0.136. The highest BCUT2D eigenvalue weighted by Crippen LogP contribution is 2.12. The molecule has 0 aliphatic carbocycles. The van der Waals surface area contributed by atoms with Crippen molar-refractivity contribution in [3.05, 3.63) is 0 Å². The fourth-order valence-corrected chi connectivity index (χ4v) is 2.29. The zero-order valence-corrected chi connectivity index (χ0v) is 9.87. The molecule has 1 N–H and O–H groups in total. The molecule has 2 aliphatic rings. The molecule has 17 heavy (non-hydrogen) atoms. The van der Waals surface area contributed by atoms with Gasteiger partial charge < -0.3 is 10.2 Å². The first-order chi connectivity index (χ1) is 8.16. The van der Waals surface area contributed by atoms with Crippen LogP contribution in [0.25, 0.3) is 0 Å². The van der Waals surface area contributed by atoms with Crippen molar-refractivity contribution in [1.29, 1.82) is 0 Å². The summed E-state index contributed by atoms with van der Waals surface area (Å²) in [5, 5.41) is 3.07. The highest BCUT2D eigenvalue weighted by Gasteiger charge is 2.30. The van der Waals surface area contributed by atoms with Gasteiger partial charge in [-0.05, 0) is 6.42 Å². The van der Waals surface area contributed by atoms with Gasteiger partial charge >= 0.3 is 0 Å². The number of rotatable bonds is 3. The number of hydrogen-bond donors (Lipinski definition) is 1. The summed E-state index contributed by atoms with van der Waals surface area (Å²) in [5.74, 6) is 0.291. The fourth-order valence-electron chi connectivity index (χ4n) is 2.29. The van der Waals surface area contributed by atoms with Crippen LogP contribution in [0.2, 0.25) is 0 Å². The average molecular weight is 247 g/mol. The van der Waals surface area contributed by atoms with Crippen molar-refractivity contribution < 1.29 is 13.6 Å². The van der Waals surface area contributed by atoms with E-state index in [2.05, 4.69) is 5.32 Å². The predicted octanol–water partition coefficient (Wildman–Crippen LogP) is 0.00520. The highest BCUT2D eigenvalue weighted by atomic mass is 19.3. The zero-order chi connectivity index (χ0) is 12.3. The molecule has 0 atom stereocenters. The minimum absolute atomic E-state index is 0.108. The third-order valence-corrected chi connectivity index (χ3v) is 3.43. The Labute approximate surface area is 99.9 Å². The second kappa shape index (κ2) is 5.73. The summed E-state index contributed by atoms with van der Waals surface area (Å²) in [7, 11) is 0. The maximum atomic E-state index is 12.3. The number of carbonyl (C=O) groups is 1. The number of halogens is 2. The zero-order valence-electron chi connectivity index (χ0n) is 9.87. The molecule has 0 bridgehead atoms. The van der Waals surface area contributed by atoms with Crippen LogP contribution >= 0.6 is 0 Å². The van der Waals surface area contributed by atoms with E-state index in [1.165, 1.54) is 0 Å². The van der Waals surface area contributed by atoms with Gasteiger partial charge in [0, 0.05) is 39.3 Å². The summed E-state index contributed by atoms with van der Waals surface area (Å²) in [4.78, 5) is 15.6. The van der Waals surface area contributed by atoms with Crippen molar-refractivity contribution in [3.8, 4) is 0 Å². The molecular formula is C11H19F2N3O. The largest absolute Gasteiger partial charge is 0.341 e. The van der Waals surface area contributed by atoms with Gasteiger partial charge in [0.05, 0.1) is 12.5 Å². The summed E-state index contributed by atoms with van der Waals surface area (Å²) < 4.78 is 24.5. The Balaban J connectivity index is 1.80. The number of nitrogens with one attached hydrogen (secondary N) is 1. The molecule has 0 aromatic carbocycles. The van der Waals surface area contributed by atoms with Crippen molar-refractivity contribution >= 4 is 5.91 Å². The first kappa shape index (κ1) is 12.7. The normalized spacial score (nSPS) is 23.6. The van der Waals surface area contributed by atoms with Crippen LogP contribution < -0.4 is 5.32 Å². The van der Waals surface area contributed by atoms with Gasteiger partial charge in [-0.2, -0.15) is 0 Å². The summed E-state index contributed by atoms with van der Waals surface area (Å²) in [5.41, 5.74) is 0. The molecule has 0 aromatic rings. The number of alkyl halides is 2. The van der Waals surface area contributed by atoms with Gasteiger partial charge in [-0.25, -0.2) is 8.78 Å². The standard InChI is InChI=1S/C11H19F2N3O/c12-10(13)8-15-2-1-3-16(5-4-15)11(17)9-6-14-7-9/h9-10,14H,1-8H2. The van der Waals surface area contributed by atoms with E-state index in [1.807, 2.05) is 4.90 Å². The molecule has 4 nitrogen and oxygen atoms in total. The quantitative estimate of drug-likeness (QED) is 0.763. The lowest BCUT2D eigenvalue weighted by Gasteiger charge is -2.31. The van der Waals surface area contributed by atoms with E-state index in [0.29, 0.717) is 26.2 Å². The van der Waals surface area contributed by atoms with E-state index >= 15 is 0 Å². The van der Waals surface area contributed by atoms with Crippen LogP contribution in [-0.4, -0.2) is 67.9 Å². The van der Waals surface area contributed by atoms with E-state index in [9.17, 15) is 13.6 Å². The molecule has 2 rings (SSSR count). The van der Waals surface area contributed by atoms with Crippen LogP contribution in [0.3, 0.4) is 0 Å². The number of amides is 1. The van der Waals surface area contributed by atoms with Crippen molar-refractivity contribution in [1.82, 2.24) is 15.1 Å². The van der Waals surface area contributed by atoms with E-state index in [0.717, 1.165) is 19.5 Å². The van der Waals surface area contributed by atoms with Crippen molar-refractivity contribution in [2.45, 2.75) is 12.8 Å². The van der Waals surface area contributed by atoms with Crippen molar-refractivity contribution in [3.63, 3.8) is 0 Å². The van der Waals surface area contributed by atoms with Crippen molar-refractivity contribution in [2.75, 3.05) is 45.8 Å². The van der Waals surface area contributed by atoms with Crippen LogP contribution in [0, 0.1) is 5.92 Å². The molecule has 1 amide bonds. The number of hydrogen-bond acceptors (Lipinski definition) is 3. The van der Waals surface area contributed by atoms with Crippen LogP contribution in [0.15, 0.2) is 0 Å². The Morgan fingerprint density at radius 1 is 1.24 bits per heavy atom. The van der Waals surface area contributed by atoms with Gasteiger partial charge in [-0.15, -0.1) is 0 Å². The predicted molar refractivity (Wildman–Crippen MR) is 60.0 cm³/mol. The molecule has 0 aromatic heterocycles. The molecule has 98 valence electrons. The summed E-state index contributed by atoms with van der Waals surface area (Å²) >= 11 is 0. The smallest absolute Gasteiger partial charge is 0.251 e. The highest BCUT2D eigenvalue weighted by molar-refractivity contribution is 5.80. The Morgan fingerprint density at radius 2 is 2.00 bits per heavy atom. The van der Waals surface area contributed by atoms with Gasteiger partial charge in [0.2, 0.25) is 5.91 Å². The number of nitrogens with zero attached hydrogens (tertiary/aromatic N) is 2. The second-order valence-electron chi connectivity index (χ2n) is 4.73. The molecule has 2 aliphatic heterocycles. The van der Waals surface area contributed by atoms with Gasteiger partial charge in [0.1, 0.15) is 0 Å². The van der Waals surface area contributed by atoms with Crippen LogP contribution in [-0.2, 0) is 4.79 Å². The van der Waals surface area contributed by atoms with E-state index in [4.69, 9.17) is 0 Å². The summed E-state index contributed by atoms with van der Waals surface area (Å²) in [6.45, 7) is 3.86. The minimum Gasteiger partial charge on any atom is -0.341 e. The molecule has 0 spiro atoms. The molecule has 0 saturated carbocycles. The molecular weight excluding hydrogens is 228 g/mol. The Morgan fingerprint density at radius 3 is 2.59 bits per heavy atom. The maximum absolute atomic E-state index is 12.3. The number of carbonyl (C=O) groups excluding carboxylic acids is 1. The molecule has 0 unspecified atom stereocenters. The Hall–Kier alpha value is -0.750. The van der Waals surface area contributed by atoms with Gasteiger partial charge in [-0.3, -0.25) is 9.69 Å². The van der Waals surface area contributed by atoms with Gasteiger partial charge in [0.15, 0.2) is 0 Å². The second-order valence-corrected chi connectivity index (χ2v) is 4.73. The van der Waals surface area contributed by atoms with Gasteiger partial charge in [-0.1, -0.05) is 0 Å². The molecule has 2 fully saturated rings. The van der Waals surface area contributed by atoms with E-state index < -0.39 is 6.43 Å². The SMILES string of the molecule is O=C(C1CNC1)N1CCCN(CC(F)F)CC1. The first-order valence-electron chi connectivity index (χ1n) is 6.17. The third-order valence-electron chi connectivity index (χ3n) is 3.43. The summed E-state index contributed by atoms with van der Waals surface area (Å²) in [6.07, 6.45) is -1.49.